The fourth-order valence-corrected chi connectivity index (χ4v) is 4.14. The molecular weight excluding hydrogens is 528 g/mol. The number of aryl methyl sites for hydroxylation is 1. The summed E-state index contributed by atoms with van der Waals surface area (Å²) < 4.78 is 12.1. The summed E-state index contributed by atoms with van der Waals surface area (Å²) in [6.45, 7) is 4.12. The number of rotatable bonds is 10. The summed E-state index contributed by atoms with van der Waals surface area (Å²) in [6.07, 6.45) is 1.58. The van der Waals surface area contributed by atoms with E-state index < -0.39 is 0 Å². The summed E-state index contributed by atoms with van der Waals surface area (Å²) >= 11 is 4.92. The zero-order valence-corrected chi connectivity index (χ0v) is 21.9. The lowest BCUT2D eigenvalue weighted by molar-refractivity contribution is -0.118. The van der Waals surface area contributed by atoms with Crippen molar-refractivity contribution in [1.82, 2.24) is 0 Å². The number of thioether (sulfide) groups is 1. The molecule has 0 aliphatic carbocycles. The predicted molar refractivity (Wildman–Crippen MR) is 148 cm³/mol. The Morgan fingerprint density at radius 2 is 1.86 bits per heavy atom. The van der Waals surface area contributed by atoms with Gasteiger partial charge in [-0.1, -0.05) is 59.8 Å². The average molecular weight is 555 g/mol. The molecule has 1 amide bonds. The topological polar surface area (TPSA) is 98.3 Å². The molecule has 0 unspecified atom stereocenters. The molecule has 3 N–H and O–H groups in total. The largest absolute Gasteiger partial charge is 0.490 e. The van der Waals surface area contributed by atoms with Gasteiger partial charge in [0.2, 0.25) is 0 Å². The van der Waals surface area contributed by atoms with Crippen molar-refractivity contribution in [3.8, 4) is 11.5 Å². The van der Waals surface area contributed by atoms with Gasteiger partial charge in [0.25, 0.3) is 5.91 Å². The van der Waals surface area contributed by atoms with Crippen molar-refractivity contribution in [2.75, 3.05) is 18.5 Å². The number of ether oxygens (including phenoxy) is 2. The van der Waals surface area contributed by atoms with Crippen LogP contribution in [0.15, 0.2) is 81.4 Å². The minimum Gasteiger partial charge on any atom is -0.490 e. The first-order valence-corrected chi connectivity index (χ1v) is 12.7. The lowest BCUT2D eigenvalue weighted by Crippen LogP contribution is -2.20. The molecule has 35 heavy (non-hydrogen) atoms. The van der Waals surface area contributed by atoms with Gasteiger partial charge in [0, 0.05) is 11.4 Å². The molecule has 7 nitrogen and oxygen atoms in total. The van der Waals surface area contributed by atoms with E-state index in [1.807, 2.05) is 74.5 Å². The van der Waals surface area contributed by atoms with Crippen LogP contribution in [0.4, 0.5) is 5.69 Å². The number of hydrogen-bond donors (Lipinski definition) is 2. The second-order valence-corrected chi connectivity index (χ2v) is 9.27. The lowest BCUT2D eigenvalue weighted by atomic mass is 10.2. The van der Waals surface area contributed by atoms with E-state index in [0.29, 0.717) is 33.4 Å². The summed E-state index contributed by atoms with van der Waals surface area (Å²) in [5.41, 5.74) is 9.68. The second kappa shape index (κ2) is 13.6. The van der Waals surface area contributed by atoms with Crippen LogP contribution in [0, 0.1) is 6.92 Å². The maximum atomic E-state index is 12.3. The number of halogens is 1. The molecule has 0 aliphatic rings. The summed E-state index contributed by atoms with van der Waals surface area (Å²) in [5, 5.41) is 11.3. The molecule has 0 aliphatic heterocycles. The van der Waals surface area contributed by atoms with E-state index in [4.69, 9.17) is 15.2 Å². The highest BCUT2D eigenvalue weighted by Crippen LogP contribution is 2.36. The molecule has 3 aromatic carbocycles. The third-order valence-corrected chi connectivity index (χ3v) is 6.05. The van der Waals surface area contributed by atoms with E-state index in [9.17, 15) is 4.79 Å². The third-order valence-electron chi connectivity index (χ3n) is 4.61. The van der Waals surface area contributed by atoms with Crippen molar-refractivity contribution in [3.05, 3.63) is 87.9 Å². The van der Waals surface area contributed by atoms with E-state index in [-0.39, 0.29) is 12.5 Å². The molecule has 0 saturated carbocycles. The van der Waals surface area contributed by atoms with Crippen molar-refractivity contribution in [2.24, 2.45) is 15.9 Å². The first-order valence-electron chi connectivity index (χ1n) is 10.9. The molecule has 0 saturated heterocycles. The van der Waals surface area contributed by atoms with Gasteiger partial charge in [0.15, 0.2) is 23.3 Å². The van der Waals surface area contributed by atoms with Crippen molar-refractivity contribution < 1.29 is 14.3 Å². The molecule has 9 heteroatoms. The highest BCUT2D eigenvalue weighted by Gasteiger charge is 2.14. The number of nitrogens with zero attached hydrogens (tertiary/aromatic N) is 2. The van der Waals surface area contributed by atoms with E-state index in [1.54, 1.807) is 12.3 Å². The number of carbonyl (C=O) groups is 1. The summed E-state index contributed by atoms with van der Waals surface area (Å²) in [4.78, 5) is 12.3. The van der Waals surface area contributed by atoms with E-state index in [0.717, 1.165) is 22.4 Å². The molecule has 0 bridgehead atoms. The average Bonchev–Trinajstić information content (AvgIpc) is 2.84. The molecule has 0 fully saturated rings. The number of carbonyl (C=O) groups excluding carboxylic acids is 1. The quantitative estimate of drug-likeness (QED) is 0.189. The van der Waals surface area contributed by atoms with Gasteiger partial charge in [-0.25, -0.2) is 0 Å². The van der Waals surface area contributed by atoms with Crippen LogP contribution in [-0.4, -0.2) is 30.5 Å². The number of nitrogens with two attached hydrogens (primary N) is 1. The summed E-state index contributed by atoms with van der Waals surface area (Å²) in [7, 11) is 0. The number of amides is 1. The number of amidine groups is 1. The highest BCUT2D eigenvalue weighted by molar-refractivity contribution is 9.10. The molecule has 0 atom stereocenters. The Morgan fingerprint density at radius 1 is 1.11 bits per heavy atom. The van der Waals surface area contributed by atoms with Crippen LogP contribution < -0.4 is 20.5 Å². The Morgan fingerprint density at radius 3 is 2.57 bits per heavy atom. The Bertz CT molecular complexity index is 1190. The van der Waals surface area contributed by atoms with Gasteiger partial charge in [-0.3, -0.25) is 4.79 Å². The molecule has 0 aromatic heterocycles. The van der Waals surface area contributed by atoms with Crippen LogP contribution in [0.25, 0.3) is 0 Å². The molecule has 3 aromatic rings. The number of anilines is 1. The number of nitrogens with one attached hydrogen (secondary N) is 1. The minimum absolute atomic E-state index is 0.167. The van der Waals surface area contributed by atoms with Gasteiger partial charge in [-0.15, -0.1) is 5.10 Å². The van der Waals surface area contributed by atoms with Crippen LogP contribution in [0.3, 0.4) is 0 Å². The van der Waals surface area contributed by atoms with Crippen molar-refractivity contribution in [1.29, 1.82) is 0 Å². The third kappa shape index (κ3) is 8.77. The monoisotopic (exact) mass is 554 g/mol. The predicted octanol–water partition coefficient (Wildman–Crippen LogP) is 5.76. The standard InChI is InChI=1S/C26H27BrN4O3S/c1-3-33-23-14-20(15-29-31-26(28)35-17-19-7-5-4-6-8-19)13-22(27)25(23)34-16-24(32)30-21-11-9-18(2)10-12-21/h4-15H,3,16-17H2,1-2H3,(H2,28,31)(H,30,32). The van der Waals surface area contributed by atoms with Crippen LogP contribution >= 0.6 is 27.7 Å². The van der Waals surface area contributed by atoms with Gasteiger partial charge in [0.1, 0.15) is 0 Å². The van der Waals surface area contributed by atoms with Gasteiger partial charge in [0.05, 0.1) is 17.3 Å². The Kier molecular flexibility index (Phi) is 10.2. The zero-order chi connectivity index (χ0) is 25.0. The summed E-state index contributed by atoms with van der Waals surface area (Å²) in [6, 6.07) is 21.1. The van der Waals surface area contributed by atoms with Gasteiger partial charge in [-0.2, -0.15) is 5.10 Å². The van der Waals surface area contributed by atoms with Gasteiger partial charge in [-0.05, 0) is 65.2 Å². The highest BCUT2D eigenvalue weighted by atomic mass is 79.9. The molecule has 182 valence electrons. The van der Waals surface area contributed by atoms with E-state index in [1.165, 1.54) is 11.8 Å². The van der Waals surface area contributed by atoms with Gasteiger partial charge >= 0.3 is 0 Å². The molecular formula is C26H27BrN4O3S. The van der Waals surface area contributed by atoms with Crippen molar-refractivity contribution in [2.45, 2.75) is 19.6 Å². The van der Waals surface area contributed by atoms with Crippen molar-refractivity contribution in [3.63, 3.8) is 0 Å². The molecule has 0 spiro atoms. The molecule has 0 heterocycles. The lowest BCUT2D eigenvalue weighted by Gasteiger charge is -2.14. The SMILES string of the molecule is CCOc1cc(C=NN=C(N)SCc2ccccc2)cc(Br)c1OCC(=O)Nc1ccc(C)cc1. The Balaban J connectivity index is 1.62. The van der Waals surface area contributed by atoms with Crippen LogP contribution in [0.5, 0.6) is 11.5 Å². The summed E-state index contributed by atoms with van der Waals surface area (Å²) in [5.74, 6) is 1.37. The number of benzene rings is 3. The smallest absolute Gasteiger partial charge is 0.262 e. The minimum atomic E-state index is -0.272. The fourth-order valence-electron chi connectivity index (χ4n) is 2.95. The van der Waals surface area contributed by atoms with Crippen LogP contribution in [0.1, 0.15) is 23.6 Å². The molecule has 3 rings (SSSR count). The molecule has 0 radical (unpaired) electrons. The zero-order valence-electron chi connectivity index (χ0n) is 19.5. The van der Waals surface area contributed by atoms with Crippen molar-refractivity contribution >= 4 is 50.7 Å². The first-order chi connectivity index (χ1) is 16.9. The van der Waals surface area contributed by atoms with Gasteiger partial charge < -0.3 is 20.5 Å². The Labute approximate surface area is 217 Å². The fraction of sp³-hybridized carbons (Fsp3) is 0.192. The van der Waals surface area contributed by atoms with E-state index in [2.05, 4.69) is 31.4 Å². The maximum Gasteiger partial charge on any atom is 0.262 e. The normalized spacial score (nSPS) is 11.5. The van der Waals surface area contributed by atoms with Crippen LogP contribution in [0.2, 0.25) is 0 Å². The Hall–Kier alpha value is -3.30. The first kappa shape index (κ1) is 26.3. The van der Waals surface area contributed by atoms with E-state index >= 15 is 0 Å². The second-order valence-electron chi connectivity index (χ2n) is 7.42. The maximum absolute atomic E-state index is 12.3. The van der Waals surface area contributed by atoms with Crippen LogP contribution in [-0.2, 0) is 10.5 Å². The number of hydrogen-bond acceptors (Lipinski definition) is 6.